The first kappa shape index (κ1) is 9.53. The minimum absolute atomic E-state index is 0.288. The average molecular weight is 203 g/mol. The smallest absolute Gasteiger partial charge is 0.146 e. The molecule has 4 heteroatoms. The molecule has 0 saturated heterocycles. The summed E-state index contributed by atoms with van der Waals surface area (Å²) in [5.41, 5.74) is 7.21. The van der Waals surface area contributed by atoms with Crippen LogP contribution in [0.4, 0.5) is 10.1 Å². The summed E-state index contributed by atoms with van der Waals surface area (Å²) in [5, 5.41) is 8.76. The van der Waals surface area contributed by atoms with Crippen LogP contribution in [-0.4, -0.2) is 13.1 Å². The molecule has 0 atom stereocenters. The second-order valence-corrected chi connectivity index (χ2v) is 3.42. The van der Waals surface area contributed by atoms with E-state index in [1.54, 1.807) is 23.1 Å². The second-order valence-electron chi connectivity index (χ2n) is 3.42. The molecule has 0 aromatic heterocycles. The predicted octanol–water partition coefficient (Wildman–Crippen LogP) is 1.38. The molecule has 1 aliphatic heterocycles. The molecule has 0 bridgehead atoms. The first-order chi connectivity index (χ1) is 7.22. The summed E-state index contributed by atoms with van der Waals surface area (Å²) < 4.78 is 13.4. The van der Waals surface area contributed by atoms with Gasteiger partial charge in [0.05, 0.1) is 30.4 Å². The van der Waals surface area contributed by atoms with Gasteiger partial charge in [-0.2, -0.15) is 5.26 Å². The lowest BCUT2D eigenvalue weighted by molar-refractivity contribution is 0.623. The van der Waals surface area contributed by atoms with Crippen molar-refractivity contribution in [1.29, 1.82) is 5.26 Å². The number of rotatable bonds is 1. The molecule has 3 nitrogen and oxygen atoms in total. The Balaban J connectivity index is 2.25. The third-order valence-electron chi connectivity index (χ3n) is 2.43. The zero-order chi connectivity index (χ0) is 10.8. The van der Waals surface area contributed by atoms with Gasteiger partial charge in [-0.25, -0.2) is 4.39 Å². The monoisotopic (exact) mass is 203 g/mol. The van der Waals surface area contributed by atoms with Gasteiger partial charge < -0.3 is 10.6 Å². The van der Waals surface area contributed by atoms with Gasteiger partial charge in [-0.1, -0.05) is 12.1 Å². The number of nitrogens with two attached hydrogens (primary N) is 1. The van der Waals surface area contributed by atoms with Crippen molar-refractivity contribution in [2.45, 2.75) is 0 Å². The fourth-order valence-corrected chi connectivity index (χ4v) is 1.64. The van der Waals surface area contributed by atoms with Crippen LogP contribution in [0.2, 0.25) is 0 Å². The van der Waals surface area contributed by atoms with Gasteiger partial charge in [0.25, 0.3) is 0 Å². The summed E-state index contributed by atoms with van der Waals surface area (Å²) in [6.45, 7) is 0.813. The maximum atomic E-state index is 13.4. The summed E-state index contributed by atoms with van der Waals surface area (Å²) in [7, 11) is 0. The van der Waals surface area contributed by atoms with Crippen LogP contribution in [0.1, 0.15) is 0 Å². The van der Waals surface area contributed by atoms with E-state index in [1.807, 2.05) is 6.07 Å². The Kier molecular flexibility index (Phi) is 2.30. The quantitative estimate of drug-likeness (QED) is 0.750. The lowest BCUT2D eigenvalue weighted by atomic mass is 10.2. The third kappa shape index (κ3) is 1.64. The van der Waals surface area contributed by atoms with E-state index in [9.17, 15) is 4.39 Å². The number of hydrogen-bond donors (Lipinski definition) is 1. The molecule has 0 fully saturated rings. The average Bonchev–Trinajstić information content (AvgIpc) is 2.60. The maximum Gasteiger partial charge on any atom is 0.146 e. The zero-order valence-electron chi connectivity index (χ0n) is 8.07. The molecular formula is C11H10FN3. The minimum Gasteiger partial charge on any atom is -0.400 e. The molecule has 0 saturated carbocycles. The van der Waals surface area contributed by atoms with Crippen LogP contribution in [0.25, 0.3) is 0 Å². The Morgan fingerprint density at radius 1 is 1.33 bits per heavy atom. The number of nitriles is 1. The molecule has 0 radical (unpaired) electrons. The standard InChI is InChI=1S/C11H10FN3/c12-9-3-1-2-4-11(9)15-6-8(5-13)10(14)7-15/h1-4H,6-7,14H2. The van der Waals surface area contributed by atoms with Crippen LogP contribution in [0.3, 0.4) is 0 Å². The lowest BCUT2D eigenvalue weighted by Gasteiger charge is -2.18. The van der Waals surface area contributed by atoms with Gasteiger partial charge in [0.2, 0.25) is 0 Å². The molecule has 2 N–H and O–H groups in total. The molecule has 0 aliphatic carbocycles. The molecule has 0 spiro atoms. The van der Waals surface area contributed by atoms with Crippen LogP contribution < -0.4 is 10.6 Å². The van der Waals surface area contributed by atoms with E-state index in [4.69, 9.17) is 11.0 Å². The van der Waals surface area contributed by atoms with Crippen LogP contribution in [0, 0.1) is 17.1 Å². The van der Waals surface area contributed by atoms with E-state index in [-0.39, 0.29) is 5.82 Å². The van der Waals surface area contributed by atoms with E-state index in [0.717, 1.165) is 0 Å². The fraction of sp³-hybridized carbons (Fsp3) is 0.182. The highest BCUT2D eigenvalue weighted by molar-refractivity contribution is 5.55. The highest BCUT2D eigenvalue weighted by atomic mass is 19.1. The van der Waals surface area contributed by atoms with Crippen LogP contribution >= 0.6 is 0 Å². The Morgan fingerprint density at radius 2 is 2.07 bits per heavy atom. The van der Waals surface area contributed by atoms with Crippen molar-refractivity contribution in [2.75, 3.05) is 18.0 Å². The number of halogens is 1. The Bertz CT molecular complexity index is 459. The van der Waals surface area contributed by atoms with Gasteiger partial charge in [0.15, 0.2) is 0 Å². The molecule has 0 amide bonds. The maximum absolute atomic E-state index is 13.4. The van der Waals surface area contributed by atoms with Crippen molar-refractivity contribution in [2.24, 2.45) is 5.73 Å². The topological polar surface area (TPSA) is 53.1 Å². The molecular weight excluding hydrogens is 193 g/mol. The van der Waals surface area contributed by atoms with Crippen molar-refractivity contribution >= 4 is 5.69 Å². The Labute approximate surface area is 87.2 Å². The predicted molar refractivity (Wildman–Crippen MR) is 55.4 cm³/mol. The van der Waals surface area contributed by atoms with Crippen molar-refractivity contribution < 1.29 is 4.39 Å². The molecule has 1 aromatic rings. The summed E-state index contributed by atoms with van der Waals surface area (Å²) in [6, 6.07) is 8.50. The Hall–Kier alpha value is -2.02. The third-order valence-corrected chi connectivity index (χ3v) is 2.43. The number of benzene rings is 1. The number of nitrogens with zero attached hydrogens (tertiary/aromatic N) is 2. The van der Waals surface area contributed by atoms with Gasteiger partial charge in [0, 0.05) is 5.70 Å². The van der Waals surface area contributed by atoms with Gasteiger partial charge >= 0.3 is 0 Å². The van der Waals surface area contributed by atoms with Crippen molar-refractivity contribution in [3.05, 3.63) is 41.4 Å². The lowest BCUT2D eigenvalue weighted by Crippen LogP contribution is -2.22. The van der Waals surface area contributed by atoms with E-state index >= 15 is 0 Å². The molecule has 15 heavy (non-hydrogen) atoms. The van der Waals surface area contributed by atoms with E-state index in [1.165, 1.54) is 6.07 Å². The zero-order valence-corrected chi connectivity index (χ0v) is 8.07. The Morgan fingerprint density at radius 3 is 2.67 bits per heavy atom. The molecule has 1 aromatic carbocycles. The normalized spacial score (nSPS) is 15.6. The molecule has 0 unspecified atom stereocenters. The van der Waals surface area contributed by atoms with Gasteiger partial charge in [-0.15, -0.1) is 0 Å². The van der Waals surface area contributed by atoms with E-state index in [0.29, 0.717) is 30.0 Å². The number of hydrogen-bond acceptors (Lipinski definition) is 3. The second kappa shape index (κ2) is 3.62. The number of para-hydroxylation sites is 1. The number of anilines is 1. The van der Waals surface area contributed by atoms with E-state index < -0.39 is 0 Å². The summed E-state index contributed by atoms with van der Waals surface area (Å²) in [4.78, 5) is 1.75. The van der Waals surface area contributed by atoms with Gasteiger partial charge in [-0.3, -0.25) is 0 Å². The SMILES string of the molecule is N#CC1=C(N)CN(c2ccccc2F)C1. The minimum atomic E-state index is -0.288. The van der Waals surface area contributed by atoms with Gasteiger partial charge in [-0.05, 0) is 12.1 Å². The molecule has 1 heterocycles. The van der Waals surface area contributed by atoms with Crippen molar-refractivity contribution in [3.63, 3.8) is 0 Å². The van der Waals surface area contributed by atoms with Crippen LogP contribution in [-0.2, 0) is 0 Å². The van der Waals surface area contributed by atoms with Crippen LogP contribution in [0.15, 0.2) is 35.5 Å². The first-order valence-electron chi connectivity index (χ1n) is 4.59. The fourth-order valence-electron chi connectivity index (χ4n) is 1.64. The summed E-state index contributed by atoms with van der Waals surface area (Å²) in [5.74, 6) is -0.288. The summed E-state index contributed by atoms with van der Waals surface area (Å²) >= 11 is 0. The first-order valence-corrected chi connectivity index (χ1v) is 4.59. The largest absolute Gasteiger partial charge is 0.400 e. The summed E-state index contributed by atoms with van der Waals surface area (Å²) in [6.07, 6.45) is 0. The van der Waals surface area contributed by atoms with Crippen molar-refractivity contribution in [1.82, 2.24) is 0 Å². The molecule has 1 aliphatic rings. The van der Waals surface area contributed by atoms with Crippen molar-refractivity contribution in [3.8, 4) is 6.07 Å². The van der Waals surface area contributed by atoms with Gasteiger partial charge in [0.1, 0.15) is 5.82 Å². The van der Waals surface area contributed by atoms with Crippen LogP contribution in [0.5, 0.6) is 0 Å². The van der Waals surface area contributed by atoms with E-state index in [2.05, 4.69) is 0 Å². The molecule has 2 rings (SSSR count). The highest BCUT2D eigenvalue weighted by Gasteiger charge is 2.21. The highest BCUT2D eigenvalue weighted by Crippen LogP contribution is 2.24. The molecule has 76 valence electrons.